The van der Waals surface area contributed by atoms with Gasteiger partial charge in [0.1, 0.15) is 0 Å². The number of carboxylic acid groups (broad SMARTS) is 1. The minimum atomic E-state index is -0.833. The first-order valence-electron chi connectivity index (χ1n) is 1.82. The lowest BCUT2D eigenvalue weighted by molar-refractivity contribution is -0.134. The fourth-order valence-corrected chi connectivity index (χ4v) is 0. The quantitative estimate of drug-likeness (QED) is 0.505. The summed E-state index contributed by atoms with van der Waals surface area (Å²) in [5.41, 5.74) is 0. The van der Waals surface area contributed by atoms with Crippen molar-refractivity contribution in [2.24, 2.45) is 0 Å². The maximum atomic E-state index is 9.21. The fourth-order valence-electron chi connectivity index (χ4n) is 0. The van der Waals surface area contributed by atoms with Crippen LogP contribution in [0.15, 0.2) is 0 Å². The lowest BCUT2D eigenvalue weighted by Crippen LogP contribution is -1.78. The first-order chi connectivity index (χ1) is 3.46. The van der Waals surface area contributed by atoms with E-state index in [-0.39, 0.29) is 5.24 Å². The fraction of sp³-hybridized carbons (Fsp3) is 0.500. The minimum Gasteiger partial charge on any atom is -0.481 e. The first kappa shape index (κ1) is 10.4. The molecule has 48 valence electrons. The third-order valence-electron chi connectivity index (χ3n) is 0. The number of carboxylic acids is 1. The second kappa shape index (κ2) is 6.43. The Balaban J connectivity index is 0. The zero-order valence-corrected chi connectivity index (χ0v) is 5.40. The predicted octanol–water partition coefficient (Wildman–Crippen LogP) is 0.863. The Morgan fingerprint density at radius 3 is 1.38 bits per heavy atom. The Bertz CT molecular complexity index is 69.3. The van der Waals surface area contributed by atoms with E-state index < -0.39 is 5.97 Å². The van der Waals surface area contributed by atoms with Crippen LogP contribution >= 0.6 is 11.6 Å². The summed E-state index contributed by atoms with van der Waals surface area (Å²) in [6.45, 7) is 2.38. The molecule has 0 aromatic rings. The molecule has 0 aliphatic carbocycles. The van der Waals surface area contributed by atoms with Gasteiger partial charge < -0.3 is 5.11 Å². The van der Waals surface area contributed by atoms with Gasteiger partial charge in [-0.05, 0) is 11.6 Å². The third kappa shape index (κ3) is 328. The van der Waals surface area contributed by atoms with Crippen molar-refractivity contribution < 1.29 is 14.7 Å². The van der Waals surface area contributed by atoms with Crippen molar-refractivity contribution in [2.45, 2.75) is 13.8 Å². The van der Waals surface area contributed by atoms with Crippen LogP contribution in [0, 0.1) is 0 Å². The van der Waals surface area contributed by atoms with Gasteiger partial charge in [0.15, 0.2) is 0 Å². The average molecular weight is 139 g/mol. The van der Waals surface area contributed by atoms with Crippen LogP contribution in [0.1, 0.15) is 13.8 Å². The number of carbonyl (C=O) groups is 2. The summed E-state index contributed by atoms with van der Waals surface area (Å²) >= 11 is 4.64. The molecule has 0 aromatic carbocycles. The van der Waals surface area contributed by atoms with Crippen LogP contribution in [-0.2, 0) is 9.59 Å². The molecule has 0 aliphatic heterocycles. The van der Waals surface area contributed by atoms with Gasteiger partial charge in [0, 0.05) is 13.8 Å². The van der Waals surface area contributed by atoms with E-state index in [0.717, 1.165) is 6.92 Å². The van der Waals surface area contributed by atoms with Crippen molar-refractivity contribution in [1.82, 2.24) is 0 Å². The van der Waals surface area contributed by atoms with Gasteiger partial charge in [0.2, 0.25) is 5.24 Å². The van der Waals surface area contributed by atoms with Crippen molar-refractivity contribution >= 4 is 22.8 Å². The Hall–Kier alpha value is -0.570. The van der Waals surface area contributed by atoms with E-state index in [0.29, 0.717) is 0 Å². The smallest absolute Gasteiger partial charge is 0.300 e. The summed E-state index contributed by atoms with van der Waals surface area (Å²) in [5.74, 6) is -0.833. The highest BCUT2D eigenvalue weighted by Gasteiger charge is 1.67. The molecule has 0 radical (unpaired) electrons. The van der Waals surface area contributed by atoms with E-state index in [1.54, 1.807) is 0 Å². The van der Waals surface area contributed by atoms with Gasteiger partial charge >= 0.3 is 0 Å². The molecule has 4 heteroatoms. The number of rotatable bonds is 0. The molecule has 0 atom stereocenters. The lowest BCUT2D eigenvalue weighted by Gasteiger charge is -1.59. The molecule has 0 saturated carbocycles. The van der Waals surface area contributed by atoms with Gasteiger partial charge in [0.05, 0.1) is 0 Å². The number of aliphatic carboxylic acids is 1. The molecule has 0 bridgehead atoms. The monoisotopic (exact) mass is 138 g/mol. The molecule has 0 aromatic heterocycles. The summed E-state index contributed by atoms with van der Waals surface area (Å²) in [6.07, 6.45) is 0. The van der Waals surface area contributed by atoms with Crippen LogP contribution in [0.3, 0.4) is 0 Å². The predicted molar refractivity (Wildman–Crippen MR) is 29.8 cm³/mol. The van der Waals surface area contributed by atoms with Crippen molar-refractivity contribution in [3.05, 3.63) is 0 Å². The second-order valence-electron chi connectivity index (χ2n) is 0.989. The highest BCUT2D eigenvalue weighted by molar-refractivity contribution is 6.62. The van der Waals surface area contributed by atoms with Crippen LogP contribution in [0.4, 0.5) is 0 Å². The van der Waals surface area contributed by atoms with Gasteiger partial charge in [-0.15, -0.1) is 0 Å². The van der Waals surface area contributed by atoms with E-state index in [9.17, 15) is 4.79 Å². The van der Waals surface area contributed by atoms with Gasteiger partial charge in [-0.2, -0.15) is 0 Å². The normalized spacial score (nSPS) is 6.38. The Kier molecular flexibility index (Phi) is 8.37. The molecule has 0 fully saturated rings. The summed E-state index contributed by atoms with van der Waals surface area (Å²) in [7, 11) is 0. The molecule has 3 nitrogen and oxygen atoms in total. The molecule has 0 rings (SSSR count). The zero-order valence-electron chi connectivity index (χ0n) is 4.64. The summed E-state index contributed by atoms with van der Waals surface area (Å²) in [5, 5.41) is 7.06. The number of carbonyl (C=O) groups excluding carboxylic acids is 1. The summed E-state index contributed by atoms with van der Waals surface area (Å²) in [4.78, 5) is 18.2. The standard InChI is InChI=1S/C2H3ClO.C2H4O2/c2*1-2(3)4/h1H3;1H3,(H,3,4). The van der Waals surface area contributed by atoms with Gasteiger partial charge in [0.25, 0.3) is 5.97 Å². The largest absolute Gasteiger partial charge is 0.481 e. The molecule has 1 N–H and O–H groups in total. The minimum absolute atomic E-state index is 0.361. The molecule has 0 heterocycles. The van der Waals surface area contributed by atoms with Crippen LogP contribution in [-0.4, -0.2) is 16.3 Å². The topological polar surface area (TPSA) is 54.4 Å². The van der Waals surface area contributed by atoms with E-state index in [2.05, 4.69) is 11.6 Å². The molecular formula is C4H7ClO3. The van der Waals surface area contributed by atoms with Crippen LogP contribution in [0.2, 0.25) is 0 Å². The molecule has 0 saturated heterocycles. The van der Waals surface area contributed by atoms with Crippen molar-refractivity contribution in [2.75, 3.05) is 0 Å². The SMILES string of the molecule is CC(=O)Cl.CC(=O)O. The van der Waals surface area contributed by atoms with Crippen molar-refractivity contribution in [3.63, 3.8) is 0 Å². The second-order valence-corrected chi connectivity index (χ2v) is 1.52. The van der Waals surface area contributed by atoms with E-state index >= 15 is 0 Å². The van der Waals surface area contributed by atoms with E-state index in [1.807, 2.05) is 0 Å². The van der Waals surface area contributed by atoms with Crippen molar-refractivity contribution in [1.29, 1.82) is 0 Å². The molecule has 0 spiro atoms. The summed E-state index contributed by atoms with van der Waals surface area (Å²) < 4.78 is 0. The molecule has 0 aliphatic rings. The number of hydrogen-bond donors (Lipinski definition) is 1. The molecule has 8 heavy (non-hydrogen) atoms. The van der Waals surface area contributed by atoms with Crippen LogP contribution in [0.5, 0.6) is 0 Å². The molecule has 0 unspecified atom stereocenters. The Labute approximate surface area is 52.3 Å². The maximum absolute atomic E-state index is 9.21. The van der Waals surface area contributed by atoms with Gasteiger partial charge in [-0.25, -0.2) is 0 Å². The van der Waals surface area contributed by atoms with Gasteiger partial charge in [-0.1, -0.05) is 0 Å². The van der Waals surface area contributed by atoms with E-state index in [1.165, 1.54) is 6.92 Å². The molecular weight excluding hydrogens is 131 g/mol. The summed E-state index contributed by atoms with van der Waals surface area (Å²) in [6, 6.07) is 0. The molecule has 0 amide bonds. The Morgan fingerprint density at radius 1 is 1.38 bits per heavy atom. The van der Waals surface area contributed by atoms with Gasteiger partial charge in [-0.3, -0.25) is 9.59 Å². The Morgan fingerprint density at radius 2 is 1.38 bits per heavy atom. The van der Waals surface area contributed by atoms with E-state index in [4.69, 9.17) is 9.90 Å². The highest BCUT2D eigenvalue weighted by atomic mass is 35.5. The third-order valence-corrected chi connectivity index (χ3v) is 0. The van der Waals surface area contributed by atoms with Crippen molar-refractivity contribution in [3.8, 4) is 0 Å². The zero-order chi connectivity index (χ0) is 7.15. The van der Waals surface area contributed by atoms with Crippen LogP contribution < -0.4 is 0 Å². The first-order valence-corrected chi connectivity index (χ1v) is 2.20. The highest BCUT2D eigenvalue weighted by Crippen LogP contribution is 1.67. The maximum Gasteiger partial charge on any atom is 0.300 e. The van der Waals surface area contributed by atoms with Crippen LogP contribution in [0.25, 0.3) is 0 Å². The number of halogens is 1. The lowest BCUT2D eigenvalue weighted by atomic mass is 10.9. The number of hydrogen-bond acceptors (Lipinski definition) is 2. The average Bonchev–Trinajstić information content (AvgIpc) is 1.25.